The molecule has 0 fully saturated rings. The molecule has 128 valence electrons. The Morgan fingerprint density at radius 2 is 1.42 bits per heavy atom. The molecule has 3 aromatic rings. The van der Waals surface area contributed by atoms with Gasteiger partial charge in [0.1, 0.15) is 0 Å². The molecule has 0 aliphatic carbocycles. The summed E-state index contributed by atoms with van der Waals surface area (Å²) in [6, 6.07) is 28.7. The lowest BCUT2D eigenvalue weighted by molar-refractivity contribution is 0.0759. The smallest absolute Gasteiger partial charge is 0.265 e. The number of amides is 1. The molecule has 1 N–H and O–H groups in total. The van der Waals surface area contributed by atoms with Gasteiger partial charge in [0, 0.05) is 18.7 Å². The van der Waals surface area contributed by atoms with Crippen LogP contribution in [0.1, 0.15) is 27.0 Å². The van der Waals surface area contributed by atoms with Crippen LogP contribution in [0.25, 0.3) is 0 Å². The third kappa shape index (κ3) is 4.79. The van der Waals surface area contributed by atoms with E-state index < -0.39 is 0 Å². The van der Waals surface area contributed by atoms with Gasteiger partial charge < -0.3 is 0 Å². The van der Waals surface area contributed by atoms with E-state index in [4.69, 9.17) is 5.26 Å². The zero-order valence-electron chi connectivity index (χ0n) is 14.3. The van der Waals surface area contributed by atoms with Crippen LogP contribution >= 0.6 is 0 Å². The van der Waals surface area contributed by atoms with Crippen molar-refractivity contribution >= 4 is 5.91 Å². The predicted molar refractivity (Wildman–Crippen MR) is 101 cm³/mol. The number of nitrogens with zero attached hydrogens (tertiary/aromatic N) is 2. The highest BCUT2D eigenvalue weighted by molar-refractivity contribution is 5.94. The first-order valence-electron chi connectivity index (χ1n) is 8.38. The fourth-order valence-electron chi connectivity index (χ4n) is 2.68. The third-order valence-electron chi connectivity index (χ3n) is 3.95. The fourth-order valence-corrected chi connectivity index (χ4v) is 2.68. The van der Waals surface area contributed by atoms with Crippen molar-refractivity contribution in [3.63, 3.8) is 0 Å². The van der Waals surface area contributed by atoms with E-state index in [9.17, 15) is 4.79 Å². The number of benzene rings is 3. The van der Waals surface area contributed by atoms with Crippen LogP contribution in [0.3, 0.4) is 0 Å². The second-order valence-corrected chi connectivity index (χ2v) is 5.96. The average molecular weight is 341 g/mol. The number of carbonyl (C=O) groups excluding carboxylic acids is 1. The van der Waals surface area contributed by atoms with Crippen LogP contribution in [-0.4, -0.2) is 10.9 Å². The van der Waals surface area contributed by atoms with Crippen molar-refractivity contribution in [1.82, 2.24) is 10.4 Å². The Balaban J connectivity index is 1.78. The average Bonchev–Trinajstić information content (AvgIpc) is 2.69. The SMILES string of the molecule is N#Cc1cccc(C(=O)NN(Cc2ccccc2)Cc2ccccc2)c1. The lowest BCUT2D eigenvalue weighted by Gasteiger charge is -2.23. The van der Waals surface area contributed by atoms with Gasteiger partial charge in [0.25, 0.3) is 5.91 Å². The molecule has 0 bridgehead atoms. The maximum absolute atomic E-state index is 12.6. The van der Waals surface area contributed by atoms with Crippen molar-refractivity contribution < 1.29 is 4.79 Å². The summed E-state index contributed by atoms with van der Waals surface area (Å²) in [6.07, 6.45) is 0. The van der Waals surface area contributed by atoms with Gasteiger partial charge in [-0.3, -0.25) is 10.2 Å². The molecule has 1 amide bonds. The van der Waals surface area contributed by atoms with Gasteiger partial charge in [0.05, 0.1) is 11.6 Å². The summed E-state index contributed by atoms with van der Waals surface area (Å²) in [5.41, 5.74) is 6.11. The molecule has 0 atom stereocenters. The van der Waals surface area contributed by atoms with Gasteiger partial charge in [-0.25, -0.2) is 5.01 Å². The molecule has 0 saturated carbocycles. The van der Waals surface area contributed by atoms with E-state index in [1.165, 1.54) is 0 Å². The number of nitriles is 1. The Hall–Kier alpha value is -3.42. The molecule has 0 spiro atoms. The molecular formula is C22H19N3O. The van der Waals surface area contributed by atoms with Gasteiger partial charge in [0.15, 0.2) is 0 Å². The minimum atomic E-state index is -0.228. The van der Waals surface area contributed by atoms with Crippen LogP contribution in [0.2, 0.25) is 0 Å². The summed E-state index contributed by atoms with van der Waals surface area (Å²) >= 11 is 0. The van der Waals surface area contributed by atoms with Crippen LogP contribution in [-0.2, 0) is 13.1 Å². The minimum Gasteiger partial charge on any atom is -0.284 e. The van der Waals surface area contributed by atoms with E-state index in [1.807, 2.05) is 65.7 Å². The van der Waals surface area contributed by atoms with Crippen LogP contribution in [0, 0.1) is 11.3 Å². The molecular weight excluding hydrogens is 322 g/mol. The number of hydrogen-bond acceptors (Lipinski definition) is 3. The van der Waals surface area contributed by atoms with Gasteiger partial charge in [-0.2, -0.15) is 5.26 Å². The normalized spacial score (nSPS) is 10.3. The Labute approximate surface area is 153 Å². The maximum Gasteiger partial charge on any atom is 0.265 e. The topological polar surface area (TPSA) is 56.1 Å². The zero-order valence-corrected chi connectivity index (χ0v) is 14.3. The van der Waals surface area contributed by atoms with Crippen molar-refractivity contribution in [2.75, 3.05) is 0 Å². The van der Waals surface area contributed by atoms with E-state index in [0.717, 1.165) is 11.1 Å². The maximum atomic E-state index is 12.6. The molecule has 4 heteroatoms. The summed E-state index contributed by atoms with van der Waals surface area (Å²) in [6.45, 7) is 1.17. The summed E-state index contributed by atoms with van der Waals surface area (Å²) in [7, 11) is 0. The molecule has 0 aliphatic rings. The van der Waals surface area contributed by atoms with E-state index in [0.29, 0.717) is 24.2 Å². The first-order valence-corrected chi connectivity index (χ1v) is 8.38. The zero-order chi connectivity index (χ0) is 18.2. The lowest BCUT2D eigenvalue weighted by atomic mass is 10.1. The summed E-state index contributed by atoms with van der Waals surface area (Å²) < 4.78 is 0. The van der Waals surface area contributed by atoms with Gasteiger partial charge in [-0.05, 0) is 29.3 Å². The summed E-state index contributed by atoms with van der Waals surface area (Å²) in [4.78, 5) is 12.6. The second-order valence-electron chi connectivity index (χ2n) is 5.96. The van der Waals surface area contributed by atoms with Gasteiger partial charge in [-0.1, -0.05) is 66.7 Å². The Bertz CT molecular complexity index is 860. The number of carbonyl (C=O) groups is 1. The third-order valence-corrected chi connectivity index (χ3v) is 3.95. The van der Waals surface area contributed by atoms with Crippen molar-refractivity contribution in [2.24, 2.45) is 0 Å². The second kappa shape index (κ2) is 8.61. The van der Waals surface area contributed by atoms with Crippen LogP contribution < -0.4 is 5.43 Å². The largest absolute Gasteiger partial charge is 0.284 e. The highest BCUT2D eigenvalue weighted by Crippen LogP contribution is 2.10. The number of hydrazine groups is 1. The monoisotopic (exact) mass is 341 g/mol. The van der Waals surface area contributed by atoms with Crippen LogP contribution in [0.5, 0.6) is 0 Å². The molecule has 26 heavy (non-hydrogen) atoms. The van der Waals surface area contributed by atoms with Crippen molar-refractivity contribution in [2.45, 2.75) is 13.1 Å². The van der Waals surface area contributed by atoms with E-state index in [-0.39, 0.29) is 5.91 Å². The molecule has 3 aromatic carbocycles. The molecule has 4 nitrogen and oxygen atoms in total. The molecule has 0 saturated heterocycles. The van der Waals surface area contributed by atoms with Gasteiger partial charge in [0.2, 0.25) is 0 Å². The number of nitrogens with one attached hydrogen (secondary N) is 1. The van der Waals surface area contributed by atoms with E-state index in [1.54, 1.807) is 24.3 Å². The van der Waals surface area contributed by atoms with Crippen molar-refractivity contribution in [1.29, 1.82) is 5.26 Å². The Kier molecular flexibility index (Phi) is 5.76. The van der Waals surface area contributed by atoms with Crippen LogP contribution in [0.15, 0.2) is 84.9 Å². The highest BCUT2D eigenvalue weighted by atomic mass is 16.2. The number of hydrogen-bond donors (Lipinski definition) is 1. The summed E-state index contributed by atoms with van der Waals surface area (Å²) in [5, 5.41) is 10.9. The quantitative estimate of drug-likeness (QED) is 0.692. The minimum absolute atomic E-state index is 0.228. The molecule has 0 unspecified atom stereocenters. The fraction of sp³-hybridized carbons (Fsp3) is 0.0909. The first kappa shape index (κ1) is 17.4. The predicted octanol–water partition coefficient (Wildman–Crippen LogP) is 3.91. The molecule has 0 heterocycles. The highest BCUT2D eigenvalue weighted by Gasteiger charge is 2.13. The number of rotatable bonds is 6. The van der Waals surface area contributed by atoms with E-state index >= 15 is 0 Å². The lowest BCUT2D eigenvalue weighted by Crippen LogP contribution is -2.41. The van der Waals surface area contributed by atoms with Crippen molar-refractivity contribution in [3.8, 4) is 6.07 Å². The molecule has 0 aromatic heterocycles. The van der Waals surface area contributed by atoms with Gasteiger partial charge in [-0.15, -0.1) is 0 Å². The molecule has 3 rings (SSSR count). The van der Waals surface area contributed by atoms with E-state index in [2.05, 4.69) is 11.5 Å². The Morgan fingerprint density at radius 1 is 0.846 bits per heavy atom. The molecule has 0 radical (unpaired) electrons. The first-order chi connectivity index (χ1) is 12.7. The summed E-state index contributed by atoms with van der Waals surface area (Å²) in [5.74, 6) is -0.228. The Morgan fingerprint density at radius 3 is 1.96 bits per heavy atom. The standard InChI is InChI=1S/C22H19N3O/c23-15-20-12-7-13-21(14-20)22(26)24-25(16-18-8-3-1-4-9-18)17-19-10-5-2-6-11-19/h1-14H,16-17H2,(H,24,26). The molecule has 0 aliphatic heterocycles. The van der Waals surface area contributed by atoms with Crippen molar-refractivity contribution in [3.05, 3.63) is 107 Å². The van der Waals surface area contributed by atoms with Gasteiger partial charge >= 0.3 is 0 Å². The van der Waals surface area contributed by atoms with Crippen LogP contribution in [0.4, 0.5) is 0 Å².